The Labute approximate surface area is 112 Å². The highest BCUT2D eigenvalue weighted by Crippen LogP contribution is 2.14. The van der Waals surface area contributed by atoms with E-state index in [0.717, 1.165) is 30.5 Å². The third-order valence-electron chi connectivity index (χ3n) is 2.94. The number of aryl methyl sites for hydroxylation is 2. The van der Waals surface area contributed by atoms with Crippen molar-refractivity contribution in [1.82, 2.24) is 20.1 Å². The molecule has 0 atom stereocenters. The third-order valence-corrected chi connectivity index (χ3v) is 3.17. The van der Waals surface area contributed by atoms with Crippen LogP contribution in [0.15, 0.2) is 24.5 Å². The maximum absolute atomic E-state index is 5.93. The first-order chi connectivity index (χ1) is 8.70. The quantitative estimate of drug-likeness (QED) is 0.903. The average molecular weight is 265 g/mol. The van der Waals surface area contributed by atoms with Gasteiger partial charge in [0.05, 0.1) is 6.54 Å². The summed E-state index contributed by atoms with van der Waals surface area (Å²) in [6, 6.07) is 5.95. The second kappa shape index (κ2) is 5.98. The van der Waals surface area contributed by atoms with Crippen molar-refractivity contribution >= 4 is 11.6 Å². The Morgan fingerprint density at radius 1 is 1.33 bits per heavy atom. The van der Waals surface area contributed by atoms with Crippen LogP contribution < -0.4 is 5.32 Å². The molecule has 1 aromatic carbocycles. The first-order valence-electron chi connectivity index (χ1n) is 6.03. The number of rotatable bonds is 5. The van der Waals surface area contributed by atoms with Gasteiger partial charge in [-0.15, -0.1) is 10.2 Å². The highest BCUT2D eigenvalue weighted by Gasteiger charge is 2.03. The van der Waals surface area contributed by atoms with Crippen molar-refractivity contribution in [1.29, 1.82) is 0 Å². The number of nitrogens with one attached hydrogen (secondary N) is 1. The normalized spacial score (nSPS) is 10.8. The van der Waals surface area contributed by atoms with Crippen LogP contribution in [-0.2, 0) is 19.6 Å². The van der Waals surface area contributed by atoms with Gasteiger partial charge in [-0.25, -0.2) is 0 Å². The Hall–Kier alpha value is -1.39. The highest BCUT2D eigenvalue weighted by molar-refractivity contribution is 6.30. The van der Waals surface area contributed by atoms with E-state index in [4.69, 9.17) is 11.6 Å². The van der Waals surface area contributed by atoms with E-state index in [9.17, 15) is 0 Å². The van der Waals surface area contributed by atoms with E-state index < -0.39 is 0 Å². The lowest BCUT2D eigenvalue weighted by Gasteiger charge is -2.08. The molecule has 0 spiro atoms. The Morgan fingerprint density at radius 3 is 2.89 bits per heavy atom. The van der Waals surface area contributed by atoms with Gasteiger partial charge in [0.15, 0.2) is 0 Å². The minimum atomic E-state index is 0.718. The summed E-state index contributed by atoms with van der Waals surface area (Å²) >= 11 is 5.93. The molecular formula is C13H17ClN4. The Morgan fingerprint density at radius 2 is 2.17 bits per heavy atom. The minimum Gasteiger partial charge on any atom is -0.317 e. The van der Waals surface area contributed by atoms with E-state index >= 15 is 0 Å². The fourth-order valence-corrected chi connectivity index (χ4v) is 2.07. The van der Waals surface area contributed by atoms with Crippen LogP contribution in [-0.4, -0.2) is 14.8 Å². The summed E-state index contributed by atoms with van der Waals surface area (Å²) in [5.41, 5.74) is 2.45. The van der Waals surface area contributed by atoms with Crippen molar-refractivity contribution in [2.75, 3.05) is 0 Å². The number of hydrogen-bond acceptors (Lipinski definition) is 3. The number of aromatic nitrogens is 3. The molecule has 4 nitrogen and oxygen atoms in total. The van der Waals surface area contributed by atoms with Crippen LogP contribution in [0.25, 0.3) is 0 Å². The molecule has 0 saturated carbocycles. The molecule has 1 aromatic heterocycles. The molecule has 2 aromatic rings. The molecule has 0 aliphatic rings. The number of benzene rings is 1. The monoisotopic (exact) mass is 264 g/mol. The predicted octanol–water partition coefficient (Wildman–Crippen LogP) is 2.55. The lowest BCUT2D eigenvalue weighted by Crippen LogP contribution is -2.17. The molecule has 5 heteroatoms. The summed E-state index contributed by atoms with van der Waals surface area (Å²) in [5.74, 6) is 0.962. The van der Waals surface area contributed by atoms with Crippen LogP contribution in [0.2, 0.25) is 5.02 Å². The first-order valence-corrected chi connectivity index (χ1v) is 6.41. The van der Waals surface area contributed by atoms with Gasteiger partial charge in [0.2, 0.25) is 0 Å². The van der Waals surface area contributed by atoms with Gasteiger partial charge in [0.25, 0.3) is 0 Å². The van der Waals surface area contributed by atoms with E-state index in [1.54, 1.807) is 6.33 Å². The second-order valence-corrected chi connectivity index (χ2v) is 4.64. The zero-order valence-electron chi connectivity index (χ0n) is 10.7. The first kappa shape index (κ1) is 13.1. The summed E-state index contributed by atoms with van der Waals surface area (Å²) in [6.07, 6.45) is 1.75. The molecule has 0 bridgehead atoms. The van der Waals surface area contributed by atoms with Gasteiger partial charge in [-0.2, -0.15) is 0 Å². The lowest BCUT2D eigenvalue weighted by molar-refractivity contribution is 0.611. The molecule has 96 valence electrons. The van der Waals surface area contributed by atoms with E-state index in [2.05, 4.69) is 35.4 Å². The van der Waals surface area contributed by atoms with Crippen molar-refractivity contribution < 1.29 is 0 Å². The SMILES string of the molecule is CCn1cnnc1CNCc1ccc(Cl)cc1C. The topological polar surface area (TPSA) is 42.7 Å². The van der Waals surface area contributed by atoms with Crippen LogP contribution in [0.1, 0.15) is 23.9 Å². The molecule has 2 rings (SSSR count). The van der Waals surface area contributed by atoms with E-state index in [1.807, 2.05) is 16.7 Å². The van der Waals surface area contributed by atoms with Crippen LogP contribution >= 0.6 is 11.6 Å². The van der Waals surface area contributed by atoms with Gasteiger partial charge in [-0.1, -0.05) is 17.7 Å². The lowest BCUT2D eigenvalue weighted by atomic mass is 10.1. The summed E-state index contributed by atoms with van der Waals surface area (Å²) in [5, 5.41) is 12.1. The number of halogens is 1. The van der Waals surface area contributed by atoms with Gasteiger partial charge in [-0.3, -0.25) is 0 Å². The molecule has 0 unspecified atom stereocenters. The molecule has 0 aliphatic carbocycles. The average Bonchev–Trinajstić information content (AvgIpc) is 2.79. The van der Waals surface area contributed by atoms with E-state index in [0.29, 0.717) is 0 Å². The number of hydrogen-bond donors (Lipinski definition) is 1. The molecule has 1 heterocycles. The Kier molecular flexibility index (Phi) is 4.33. The summed E-state index contributed by atoms with van der Waals surface area (Å²) in [6.45, 7) is 6.56. The molecule has 0 fully saturated rings. The zero-order valence-corrected chi connectivity index (χ0v) is 11.4. The molecular weight excluding hydrogens is 248 g/mol. The summed E-state index contributed by atoms with van der Waals surface area (Å²) < 4.78 is 2.03. The Balaban J connectivity index is 1.92. The maximum Gasteiger partial charge on any atom is 0.146 e. The van der Waals surface area contributed by atoms with Crippen LogP contribution in [0.3, 0.4) is 0 Å². The van der Waals surface area contributed by atoms with E-state index in [-0.39, 0.29) is 0 Å². The Bertz CT molecular complexity index is 521. The van der Waals surface area contributed by atoms with Crippen molar-refractivity contribution in [3.05, 3.63) is 46.5 Å². The number of nitrogens with zero attached hydrogens (tertiary/aromatic N) is 3. The maximum atomic E-state index is 5.93. The van der Waals surface area contributed by atoms with Crippen LogP contribution in [0.5, 0.6) is 0 Å². The van der Waals surface area contributed by atoms with Crippen molar-refractivity contribution in [3.63, 3.8) is 0 Å². The molecule has 0 saturated heterocycles. The molecule has 1 N–H and O–H groups in total. The minimum absolute atomic E-state index is 0.718. The third kappa shape index (κ3) is 3.09. The highest BCUT2D eigenvalue weighted by atomic mass is 35.5. The van der Waals surface area contributed by atoms with Gasteiger partial charge in [0.1, 0.15) is 12.2 Å². The van der Waals surface area contributed by atoms with Crippen LogP contribution in [0, 0.1) is 6.92 Å². The van der Waals surface area contributed by atoms with Gasteiger partial charge >= 0.3 is 0 Å². The molecule has 18 heavy (non-hydrogen) atoms. The summed E-state index contributed by atoms with van der Waals surface area (Å²) in [7, 11) is 0. The standard InChI is InChI=1S/C13H17ClN4/c1-3-18-9-16-17-13(18)8-15-7-11-4-5-12(14)6-10(11)2/h4-6,9,15H,3,7-8H2,1-2H3. The van der Waals surface area contributed by atoms with Crippen molar-refractivity contribution in [2.45, 2.75) is 33.5 Å². The van der Waals surface area contributed by atoms with Crippen molar-refractivity contribution in [3.8, 4) is 0 Å². The molecule has 0 amide bonds. The predicted molar refractivity (Wildman–Crippen MR) is 72.4 cm³/mol. The van der Waals surface area contributed by atoms with E-state index in [1.165, 1.54) is 11.1 Å². The largest absolute Gasteiger partial charge is 0.317 e. The second-order valence-electron chi connectivity index (χ2n) is 4.21. The molecule has 0 radical (unpaired) electrons. The summed E-state index contributed by atoms with van der Waals surface area (Å²) in [4.78, 5) is 0. The fourth-order valence-electron chi connectivity index (χ4n) is 1.85. The van der Waals surface area contributed by atoms with Crippen LogP contribution in [0.4, 0.5) is 0 Å². The van der Waals surface area contributed by atoms with Gasteiger partial charge in [-0.05, 0) is 37.1 Å². The molecule has 0 aliphatic heterocycles. The van der Waals surface area contributed by atoms with Gasteiger partial charge in [0, 0.05) is 18.1 Å². The van der Waals surface area contributed by atoms with Gasteiger partial charge < -0.3 is 9.88 Å². The smallest absolute Gasteiger partial charge is 0.146 e. The fraction of sp³-hybridized carbons (Fsp3) is 0.385. The zero-order chi connectivity index (χ0) is 13.0. The van der Waals surface area contributed by atoms with Crippen molar-refractivity contribution in [2.24, 2.45) is 0 Å².